The van der Waals surface area contributed by atoms with E-state index in [1.165, 1.54) is 25.3 Å². The van der Waals surface area contributed by atoms with Crippen molar-refractivity contribution in [3.63, 3.8) is 0 Å². The number of rotatable bonds is 2. The van der Waals surface area contributed by atoms with E-state index in [1.807, 2.05) is 12.1 Å². The lowest BCUT2D eigenvalue weighted by Crippen LogP contribution is -2.19. The van der Waals surface area contributed by atoms with E-state index in [0.717, 1.165) is 28.4 Å². The molecule has 3 heteroatoms. The fourth-order valence-electron chi connectivity index (χ4n) is 3.32. The highest BCUT2D eigenvalue weighted by molar-refractivity contribution is 5.91. The fourth-order valence-corrected chi connectivity index (χ4v) is 3.32. The van der Waals surface area contributed by atoms with E-state index in [0.29, 0.717) is 6.04 Å². The van der Waals surface area contributed by atoms with Crippen molar-refractivity contribution in [2.45, 2.75) is 25.3 Å². The van der Waals surface area contributed by atoms with Crippen LogP contribution in [0.2, 0.25) is 0 Å². The van der Waals surface area contributed by atoms with Gasteiger partial charge in [0.25, 0.3) is 0 Å². The summed E-state index contributed by atoms with van der Waals surface area (Å²) >= 11 is 0. The molecule has 1 aromatic carbocycles. The average molecular weight is 242 g/mol. The molecule has 2 aliphatic carbocycles. The van der Waals surface area contributed by atoms with Crippen molar-refractivity contribution in [2.24, 2.45) is 11.8 Å². The molecule has 92 valence electrons. The van der Waals surface area contributed by atoms with E-state index in [4.69, 9.17) is 0 Å². The average Bonchev–Trinajstić information content (AvgIpc) is 3.05. The maximum atomic E-state index is 13.2. The van der Waals surface area contributed by atoms with Gasteiger partial charge in [-0.2, -0.15) is 0 Å². The van der Waals surface area contributed by atoms with Gasteiger partial charge in [-0.15, -0.1) is 0 Å². The Morgan fingerprint density at radius 2 is 2.17 bits per heavy atom. The molecule has 0 bridgehead atoms. The second-order valence-corrected chi connectivity index (χ2v) is 5.51. The van der Waals surface area contributed by atoms with Crippen LogP contribution in [0.15, 0.2) is 30.5 Å². The molecule has 1 heterocycles. The molecule has 2 aromatic rings. The number of hydrogen-bond donors (Lipinski definition) is 1. The smallest absolute Gasteiger partial charge is 0.134 e. The number of nitrogens with zero attached hydrogens (tertiary/aromatic N) is 1. The lowest BCUT2D eigenvalue weighted by Gasteiger charge is -2.16. The van der Waals surface area contributed by atoms with Crippen molar-refractivity contribution >= 4 is 16.6 Å². The molecule has 4 rings (SSSR count). The highest BCUT2D eigenvalue weighted by atomic mass is 19.1. The van der Waals surface area contributed by atoms with E-state index >= 15 is 0 Å². The molecule has 18 heavy (non-hydrogen) atoms. The molecule has 0 spiro atoms. The van der Waals surface area contributed by atoms with Crippen LogP contribution in [-0.4, -0.2) is 11.0 Å². The summed E-state index contributed by atoms with van der Waals surface area (Å²) in [5.74, 6) is 2.52. The molecule has 0 aliphatic heterocycles. The summed E-state index contributed by atoms with van der Waals surface area (Å²) in [6, 6.07) is 7.32. The zero-order valence-electron chi connectivity index (χ0n) is 10.1. The van der Waals surface area contributed by atoms with Gasteiger partial charge in [0.15, 0.2) is 0 Å². The third kappa shape index (κ3) is 1.57. The second-order valence-electron chi connectivity index (χ2n) is 5.51. The van der Waals surface area contributed by atoms with Crippen LogP contribution in [0.4, 0.5) is 10.2 Å². The number of aromatic nitrogens is 1. The normalized spacial score (nSPS) is 29.3. The van der Waals surface area contributed by atoms with Gasteiger partial charge in [-0.3, -0.25) is 0 Å². The van der Waals surface area contributed by atoms with Crippen molar-refractivity contribution in [3.05, 3.63) is 36.3 Å². The van der Waals surface area contributed by atoms with E-state index in [2.05, 4.69) is 10.3 Å². The van der Waals surface area contributed by atoms with Gasteiger partial charge >= 0.3 is 0 Å². The first-order chi connectivity index (χ1) is 8.81. The van der Waals surface area contributed by atoms with Crippen molar-refractivity contribution in [1.82, 2.24) is 4.98 Å². The minimum Gasteiger partial charge on any atom is -0.367 e. The van der Waals surface area contributed by atoms with Crippen molar-refractivity contribution in [3.8, 4) is 0 Å². The van der Waals surface area contributed by atoms with E-state index in [9.17, 15) is 4.39 Å². The van der Waals surface area contributed by atoms with Crippen LogP contribution in [-0.2, 0) is 0 Å². The van der Waals surface area contributed by atoms with Gasteiger partial charge in [0, 0.05) is 17.6 Å². The van der Waals surface area contributed by atoms with Crippen LogP contribution in [0.5, 0.6) is 0 Å². The fraction of sp³-hybridized carbons (Fsp3) is 0.400. The topological polar surface area (TPSA) is 24.9 Å². The molecular formula is C15H15FN2. The van der Waals surface area contributed by atoms with Gasteiger partial charge in [0.1, 0.15) is 11.6 Å². The summed E-state index contributed by atoms with van der Waals surface area (Å²) in [7, 11) is 0. The minimum atomic E-state index is -0.192. The summed E-state index contributed by atoms with van der Waals surface area (Å²) in [5.41, 5.74) is 0. The molecule has 2 saturated carbocycles. The number of nitrogens with one attached hydrogen (secondary N) is 1. The second kappa shape index (κ2) is 3.67. The Labute approximate surface area is 105 Å². The number of fused-ring (bicyclic) bond motifs is 2. The molecule has 3 unspecified atom stereocenters. The molecule has 2 fully saturated rings. The number of hydrogen-bond acceptors (Lipinski definition) is 2. The van der Waals surface area contributed by atoms with Gasteiger partial charge < -0.3 is 5.32 Å². The Balaban J connectivity index is 1.71. The number of halogens is 1. The quantitative estimate of drug-likeness (QED) is 0.870. The molecule has 2 nitrogen and oxygen atoms in total. The minimum absolute atomic E-state index is 0.192. The van der Waals surface area contributed by atoms with Crippen LogP contribution in [0.1, 0.15) is 19.3 Å². The largest absolute Gasteiger partial charge is 0.367 e. The predicted octanol–water partition coefficient (Wildman–Crippen LogP) is 3.58. The molecule has 0 amide bonds. The van der Waals surface area contributed by atoms with Gasteiger partial charge in [-0.1, -0.05) is 0 Å². The highest BCUT2D eigenvalue weighted by Crippen LogP contribution is 2.52. The SMILES string of the molecule is Fc1ccc2c(NC3CCC4CC43)nccc2c1. The summed E-state index contributed by atoms with van der Waals surface area (Å²) in [4.78, 5) is 4.42. The monoisotopic (exact) mass is 242 g/mol. The van der Waals surface area contributed by atoms with E-state index in [-0.39, 0.29) is 5.82 Å². The summed E-state index contributed by atoms with van der Waals surface area (Å²) < 4.78 is 13.2. The number of benzene rings is 1. The third-order valence-corrected chi connectivity index (χ3v) is 4.39. The van der Waals surface area contributed by atoms with Crippen LogP contribution < -0.4 is 5.32 Å². The summed E-state index contributed by atoms with van der Waals surface area (Å²) in [6.07, 6.45) is 5.72. The molecule has 1 aromatic heterocycles. The maximum absolute atomic E-state index is 13.2. The van der Waals surface area contributed by atoms with Gasteiger partial charge in [0.05, 0.1) is 0 Å². The molecular weight excluding hydrogens is 227 g/mol. The van der Waals surface area contributed by atoms with Crippen molar-refractivity contribution in [2.75, 3.05) is 5.32 Å². The van der Waals surface area contributed by atoms with Crippen molar-refractivity contribution in [1.29, 1.82) is 0 Å². The van der Waals surface area contributed by atoms with Crippen LogP contribution in [0, 0.1) is 17.7 Å². The number of pyridine rings is 1. The summed E-state index contributed by atoms with van der Waals surface area (Å²) in [5, 5.41) is 5.49. The van der Waals surface area contributed by atoms with E-state index < -0.39 is 0 Å². The van der Waals surface area contributed by atoms with Gasteiger partial charge in [-0.25, -0.2) is 9.37 Å². The molecule has 0 radical (unpaired) electrons. The maximum Gasteiger partial charge on any atom is 0.134 e. The lowest BCUT2D eigenvalue weighted by atomic mass is 10.1. The van der Waals surface area contributed by atoms with Crippen LogP contribution in [0.3, 0.4) is 0 Å². The Bertz CT molecular complexity index is 610. The lowest BCUT2D eigenvalue weighted by molar-refractivity contribution is 0.629. The Morgan fingerprint density at radius 3 is 2.94 bits per heavy atom. The Hall–Kier alpha value is -1.64. The predicted molar refractivity (Wildman–Crippen MR) is 69.9 cm³/mol. The van der Waals surface area contributed by atoms with Gasteiger partial charge in [-0.05, 0) is 60.7 Å². The van der Waals surface area contributed by atoms with Crippen molar-refractivity contribution < 1.29 is 4.39 Å². The highest BCUT2D eigenvalue weighted by Gasteiger charge is 2.48. The Morgan fingerprint density at radius 1 is 1.22 bits per heavy atom. The zero-order chi connectivity index (χ0) is 12.1. The first kappa shape index (κ1) is 10.3. The standard InChI is InChI=1S/C15H15FN2/c16-11-2-3-12-10(7-11)5-6-17-15(12)18-14-4-1-9-8-13(9)14/h2-3,5-7,9,13-14H,1,4,8H2,(H,17,18). The van der Waals surface area contributed by atoms with Crippen LogP contribution in [0.25, 0.3) is 10.8 Å². The van der Waals surface area contributed by atoms with E-state index in [1.54, 1.807) is 12.3 Å². The molecule has 3 atom stereocenters. The first-order valence-electron chi connectivity index (χ1n) is 6.62. The third-order valence-electron chi connectivity index (χ3n) is 4.39. The van der Waals surface area contributed by atoms with Gasteiger partial charge in [0.2, 0.25) is 0 Å². The summed E-state index contributed by atoms with van der Waals surface area (Å²) in [6.45, 7) is 0. The molecule has 1 N–H and O–H groups in total. The Kier molecular flexibility index (Phi) is 2.10. The first-order valence-corrected chi connectivity index (χ1v) is 6.62. The number of anilines is 1. The van der Waals surface area contributed by atoms with Crippen LogP contribution >= 0.6 is 0 Å². The molecule has 2 aliphatic rings. The molecule has 0 saturated heterocycles. The zero-order valence-corrected chi connectivity index (χ0v) is 10.1.